The molecular formula is C28H40FNO7. The van der Waals surface area contributed by atoms with E-state index in [9.17, 15) is 4.79 Å². The molecular weight excluding hydrogens is 481 g/mol. The van der Waals surface area contributed by atoms with Crippen LogP contribution in [0.3, 0.4) is 0 Å². The molecule has 1 atom stereocenters. The number of aliphatic carboxylic acids is 1. The van der Waals surface area contributed by atoms with Gasteiger partial charge in [-0.25, -0.2) is 9.18 Å². The highest BCUT2D eigenvalue weighted by Crippen LogP contribution is 2.24. The number of hydrogen-bond acceptors (Lipinski definition) is 7. The summed E-state index contributed by atoms with van der Waals surface area (Å²) in [5.41, 5.74) is 1.18. The lowest BCUT2D eigenvalue weighted by Crippen LogP contribution is -2.44. The molecule has 0 amide bonds. The van der Waals surface area contributed by atoms with Crippen molar-refractivity contribution in [3.05, 3.63) is 71.8 Å². The van der Waals surface area contributed by atoms with Gasteiger partial charge in [0.05, 0.1) is 64.5 Å². The lowest BCUT2D eigenvalue weighted by atomic mass is 9.97. The van der Waals surface area contributed by atoms with E-state index in [2.05, 4.69) is 5.32 Å². The topological polar surface area (TPSA) is 95.5 Å². The Hall–Kier alpha value is -2.40. The van der Waals surface area contributed by atoms with E-state index < -0.39 is 17.7 Å². The molecule has 37 heavy (non-hydrogen) atoms. The van der Waals surface area contributed by atoms with E-state index in [4.69, 9.17) is 28.8 Å². The first kappa shape index (κ1) is 30.8. The maximum Gasteiger partial charge on any atom is 0.329 e. The lowest BCUT2D eigenvalue weighted by molar-refractivity contribution is -0.142. The van der Waals surface area contributed by atoms with Gasteiger partial charge in [-0.15, -0.1) is 0 Å². The molecule has 0 aliphatic rings. The Morgan fingerprint density at radius 1 is 0.784 bits per heavy atom. The molecule has 2 aromatic rings. The summed E-state index contributed by atoms with van der Waals surface area (Å²) < 4.78 is 42.0. The van der Waals surface area contributed by atoms with Crippen molar-refractivity contribution >= 4 is 5.97 Å². The number of ether oxygens (including phenoxy) is 5. The zero-order valence-corrected chi connectivity index (χ0v) is 21.8. The molecule has 0 saturated heterocycles. The molecule has 0 aromatic heterocycles. The summed E-state index contributed by atoms with van der Waals surface area (Å²) in [5.74, 6) is -1.00. The molecule has 0 heterocycles. The first-order valence-corrected chi connectivity index (χ1v) is 12.5. The van der Waals surface area contributed by atoms with Crippen molar-refractivity contribution in [2.75, 3.05) is 66.0 Å². The SMILES string of the molecule is CC(C)(OCCOCCOCCOCCOCC(=O)O)C(F)CNC(c1ccccc1)c1ccccc1. The van der Waals surface area contributed by atoms with E-state index in [-0.39, 0.29) is 32.4 Å². The quantitative estimate of drug-likeness (QED) is 0.241. The van der Waals surface area contributed by atoms with Crippen LogP contribution in [-0.4, -0.2) is 88.9 Å². The van der Waals surface area contributed by atoms with Gasteiger partial charge in [0.15, 0.2) is 0 Å². The highest BCUT2D eigenvalue weighted by molar-refractivity contribution is 5.67. The molecule has 0 saturated carbocycles. The standard InChI is InChI=1S/C28H40FNO7/c1-28(2,37-20-19-35-16-15-33-13-14-34-17-18-36-22-26(31)32)25(29)21-30-27(23-9-5-3-6-10-23)24-11-7-4-8-12-24/h3-12,25,27,30H,13-22H2,1-2H3,(H,31,32). The average molecular weight is 522 g/mol. The molecule has 0 bridgehead atoms. The molecule has 2 rings (SSSR count). The van der Waals surface area contributed by atoms with Gasteiger partial charge in [0.1, 0.15) is 12.8 Å². The van der Waals surface area contributed by atoms with Crippen LogP contribution < -0.4 is 5.32 Å². The van der Waals surface area contributed by atoms with Gasteiger partial charge in [0.2, 0.25) is 0 Å². The van der Waals surface area contributed by atoms with Crippen LogP contribution in [-0.2, 0) is 28.5 Å². The van der Waals surface area contributed by atoms with Gasteiger partial charge in [-0.1, -0.05) is 60.7 Å². The van der Waals surface area contributed by atoms with Crippen molar-refractivity contribution in [3.8, 4) is 0 Å². The first-order chi connectivity index (χ1) is 17.9. The number of carbonyl (C=O) groups is 1. The van der Waals surface area contributed by atoms with Crippen LogP contribution in [0.15, 0.2) is 60.7 Å². The number of halogens is 1. The van der Waals surface area contributed by atoms with Crippen molar-refractivity contribution < 1.29 is 38.0 Å². The number of carboxylic acids is 1. The van der Waals surface area contributed by atoms with Gasteiger partial charge in [0, 0.05) is 6.54 Å². The summed E-state index contributed by atoms with van der Waals surface area (Å²) in [6.45, 7) is 6.02. The Morgan fingerprint density at radius 2 is 1.22 bits per heavy atom. The van der Waals surface area contributed by atoms with E-state index in [1.54, 1.807) is 13.8 Å². The Kier molecular flexibility index (Phi) is 15.0. The first-order valence-electron chi connectivity index (χ1n) is 12.5. The van der Waals surface area contributed by atoms with Crippen molar-refractivity contribution in [2.45, 2.75) is 31.7 Å². The molecule has 0 aliphatic carbocycles. The maximum atomic E-state index is 15.2. The number of benzene rings is 2. The second kappa shape index (κ2) is 18.0. The van der Waals surface area contributed by atoms with Crippen LogP contribution in [0.25, 0.3) is 0 Å². The van der Waals surface area contributed by atoms with Gasteiger partial charge in [-0.3, -0.25) is 0 Å². The van der Waals surface area contributed by atoms with Crippen LogP contribution >= 0.6 is 0 Å². The summed E-state index contributed by atoms with van der Waals surface area (Å²) in [6.07, 6.45) is -1.22. The number of rotatable bonds is 21. The van der Waals surface area contributed by atoms with Crippen LogP contribution in [0.1, 0.15) is 31.0 Å². The lowest BCUT2D eigenvalue weighted by Gasteiger charge is -2.31. The summed E-state index contributed by atoms with van der Waals surface area (Å²) in [5, 5.41) is 11.8. The minimum absolute atomic E-state index is 0.115. The summed E-state index contributed by atoms with van der Waals surface area (Å²) in [7, 11) is 0. The molecule has 0 aliphatic heterocycles. The summed E-state index contributed by atoms with van der Waals surface area (Å²) >= 11 is 0. The van der Waals surface area contributed by atoms with Crippen molar-refractivity contribution in [1.82, 2.24) is 5.32 Å². The van der Waals surface area contributed by atoms with Gasteiger partial charge in [-0.05, 0) is 25.0 Å². The van der Waals surface area contributed by atoms with E-state index in [0.29, 0.717) is 39.6 Å². The van der Waals surface area contributed by atoms with E-state index in [1.165, 1.54) is 0 Å². The normalized spacial score (nSPS) is 12.6. The average Bonchev–Trinajstić information content (AvgIpc) is 2.90. The Balaban J connectivity index is 1.57. The molecule has 206 valence electrons. The zero-order chi connectivity index (χ0) is 26.8. The predicted molar refractivity (Wildman–Crippen MR) is 139 cm³/mol. The zero-order valence-electron chi connectivity index (χ0n) is 21.8. The van der Waals surface area contributed by atoms with E-state index in [0.717, 1.165) is 11.1 Å². The van der Waals surface area contributed by atoms with Gasteiger partial charge >= 0.3 is 5.97 Å². The summed E-state index contributed by atoms with van der Waals surface area (Å²) in [4.78, 5) is 10.3. The predicted octanol–water partition coefficient (Wildman–Crippen LogP) is 3.65. The smallest absolute Gasteiger partial charge is 0.329 e. The molecule has 1 unspecified atom stereocenters. The van der Waals surface area contributed by atoms with Crippen molar-refractivity contribution in [1.29, 1.82) is 0 Å². The molecule has 0 fully saturated rings. The van der Waals surface area contributed by atoms with Gasteiger partial charge < -0.3 is 34.1 Å². The molecule has 2 N–H and O–H groups in total. The third-order valence-corrected chi connectivity index (χ3v) is 5.56. The van der Waals surface area contributed by atoms with E-state index >= 15 is 4.39 Å². The molecule has 8 nitrogen and oxygen atoms in total. The molecule has 2 aromatic carbocycles. The number of hydrogen-bond donors (Lipinski definition) is 2. The monoisotopic (exact) mass is 521 g/mol. The second-order valence-corrected chi connectivity index (χ2v) is 8.87. The second-order valence-electron chi connectivity index (χ2n) is 8.87. The third kappa shape index (κ3) is 13.1. The van der Waals surface area contributed by atoms with Crippen molar-refractivity contribution in [2.24, 2.45) is 0 Å². The third-order valence-electron chi connectivity index (χ3n) is 5.56. The summed E-state index contributed by atoms with van der Waals surface area (Å²) in [6, 6.07) is 19.9. The Bertz CT molecular complexity index is 815. The fraction of sp³-hybridized carbons (Fsp3) is 0.536. The van der Waals surface area contributed by atoms with Crippen molar-refractivity contribution in [3.63, 3.8) is 0 Å². The van der Waals surface area contributed by atoms with Crippen LogP contribution in [0.5, 0.6) is 0 Å². The highest BCUT2D eigenvalue weighted by Gasteiger charge is 2.31. The molecule has 9 heteroatoms. The van der Waals surface area contributed by atoms with Crippen LogP contribution in [0.2, 0.25) is 0 Å². The Morgan fingerprint density at radius 3 is 1.68 bits per heavy atom. The highest BCUT2D eigenvalue weighted by atomic mass is 19.1. The van der Waals surface area contributed by atoms with Crippen LogP contribution in [0.4, 0.5) is 4.39 Å². The van der Waals surface area contributed by atoms with E-state index in [1.807, 2.05) is 60.7 Å². The maximum absolute atomic E-state index is 15.2. The number of nitrogens with one attached hydrogen (secondary N) is 1. The number of alkyl halides is 1. The van der Waals surface area contributed by atoms with Gasteiger partial charge in [-0.2, -0.15) is 0 Å². The molecule has 0 spiro atoms. The largest absolute Gasteiger partial charge is 0.480 e. The van der Waals surface area contributed by atoms with Crippen LogP contribution in [0, 0.1) is 0 Å². The molecule has 0 radical (unpaired) electrons. The fourth-order valence-corrected chi connectivity index (χ4v) is 3.46. The minimum Gasteiger partial charge on any atom is -0.480 e. The Labute approximate surface area is 219 Å². The van der Waals surface area contributed by atoms with Gasteiger partial charge in [0.25, 0.3) is 0 Å². The minimum atomic E-state index is -1.22. The number of carboxylic acid groups (broad SMARTS) is 1. The fourth-order valence-electron chi connectivity index (χ4n) is 3.46.